The Kier molecular flexibility index (Phi) is 4.59. The van der Waals surface area contributed by atoms with Gasteiger partial charge in [0.15, 0.2) is 11.6 Å². The number of hydrogen-bond acceptors (Lipinski definition) is 5. The first-order chi connectivity index (χ1) is 16.3. The molecular formula is C26H12F3NO2S2. The third kappa shape index (κ3) is 3.38. The fourth-order valence-corrected chi connectivity index (χ4v) is 6.21. The van der Waals surface area contributed by atoms with Crippen LogP contribution in [0.2, 0.25) is 0 Å². The molecule has 0 saturated heterocycles. The number of hydrogen-bond donors (Lipinski definition) is 0. The number of thiophene rings is 1. The first-order valence-corrected chi connectivity index (χ1v) is 11.8. The van der Waals surface area contributed by atoms with E-state index in [-0.39, 0.29) is 17.1 Å². The van der Waals surface area contributed by atoms with Crippen LogP contribution in [0, 0.1) is 0 Å². The van der Waals surface area contributed by atoms with Gasteiger partial charge in [-0.15, -0.1) is 22.7 Å². The summed E-state index contributed by atoms with van der Waals surface area (Å²) in [6, 6.07) is 17.8. The molecule has 1 aliphatic rings. The molecule has 0 spiro atoms. The number of halogens is 3. The number of carbonyl (C=O) groups is 2. The van der Waals surface area contributed by atoms with Crippen LogP contribution in [0.15, 0.2) is 72.3 Å². The van der Waals surface area contributed by atoms with Crippen LogP contribution in [-0.2, 0) is 6.18 Å². The number of aromatic nitrogens is 1. The van der Waals surface area contributed by atoms with Crippen LogP contribution in [0.4, 0.5) is 13.2 Å². The predicted octanol–water partition coefficient (Wildman–Crippen LogP) is 7.66. The normalized spacial score (nSPS) is 13.8. The smallest absolute Gasteiger partial charge is 0.288 e. The summed E-state index contributed by atoms with van der Waals surface area (Å²) in [7, 11) is 0. The quantitative estimate of drug-likeness (QED) is 0.188. The van der Waals surface area contributed by atoms with Gasteiger partial charge in [0.2, 0.25) is 0 Å². The van der Waals surface area contributed by atoms with Crippen molar-refractivity contribution in [3.63, 3.8) is 0 Å². The van der Waals surface area contributed by atoms with Gasteiger partial charge in [-0.05, 0) is 47.2 Å². The van der Waals surface area contributed by atoms with Crippen LogP contribution in [0.25, 0.3) is 36.9 Å². The lowest BCUT2D eigenvalue weighted by Crippen LogP contribution is -2.03. The van der Waals surface area contributed by atoms with E-state index in [9.17, 15) is 22.8 Å². The van der Waals surface area contributed by atoms with Gasteiger partial charge in [-0.25, -0.2) is 4.98 Å². The summed E-state index contributed by atoms with van der Waals surface area (Å²) in [6.07, 6.45) is -2.78. The van der Waals surface area contributed by atoms with E-state index in [1.807, 2.05) is 30.3 Å². The lowest BCUT2D eigenvalue weighted by molar-refractivity contribution is -0.137. The Balaban J connectivity index is 1.32. The van der Waals surface area contributed by atoms with Crippen molar-refractivity contribution in [3.05, 3.63) is 93.9 Å². The van der Waals surface area contributed by atoms with E-state index in [0.29, 0.717) is 26.5 Å². The van der Waals surface area contributed by atoms with Crippen LogP contribution in [0.3, 0.4) is 0 Å². The Bertz CT molecular complexity index is 1590. The summed E-state index contributed by atoms with van der Waals surface area (Å²) < 4.78 is 39.2. The number of Topliss-reactive ketones (excluding diaryl/α,β-unsaturated/α-hetero) is 2. The third-order valence-electron chi connectivity index (χ3n) is 5.72. The maximum Gasteiger partial charge on any atom is 0.416 e. The highest BCUT2D eigenvalue weighted by Crippen LogP contribution is 2.38. The molecule has 5 aromatic rings. The Labute approximate surface area is 198 Å². The second-order valence-corrected chi connectivity index (χ2v) is 9.97. The summed E-state index contributed by atoms with van der Waals surface area (Å²) >= 11 is 2.68. The minimum absolute atomic E-state index is 0.127. The SMILES string of the molecule is O=C1C(=Cc2cc3sc(-c4ccc(C(F)(F)F)cc4)nc3s2)C(=O)c2cc3ccccc3cc21. The highest BCUT2D eigenvalue weighted by atomic mass is 32.1. The Morgan fingerprint density at radius 1 is 0.794 bits per heavy atom. The summed E-state index contributed by atoms with van der Waals surface area (Å²) in [6.45, 7) is 0. The van der Waals surface area contributed by atoms with Crippen LogP contribution in [-0.4, -0.2) is 16.6 Å². The number of fused-ring (bicyclic) bond motifs is 3. The molecule has 1 aliphatic carbocycles. The van der Waals surface area contributed by atoms with Crippen LogP contribution in [0.1, 0.15) is 31.2 Å². The molecule has 0 fully saturated rings. The fourth-order valence-electron chi connectivity index (χ4n) is 4.03. The first-order valence-electron chi connectivity index (χ1n) is 10.2. The standard InChI is InChI=1S/C26H12F3NO2S2/c27-26(28,29)16-7-5-13(6-8-16)24-30-25-21(34-24)12-17(33-25)11-20-22(31)18-9-14-3-1-2-4-15(14)10-19(18)23(20)32/h1-12H. The Morgan fingerprint density at radius 2 is 1.41 bits per heavy atom. The van der Waals surface area contributed by atoms with Crippen molar-refractivity contribution in [2.45, 2.75) is 6.18 Å². The molecule has 0 bridgehead atoms. The minimum atomic E-state index is -4.38. The van der Waals surface area contributed by atoms with Gasteiger partial charge in [-0.3, -0.25) is 9.59 Å². The minimum Gasteiger partial charge on any atom is -0.288 e. The van der Waals surface area contributed by atoms with E-state index in [4.69, 9.17) is 0 Å². The molecule has 0 amide bonds. The van der Waals surface area contributed by atoms with Crippen molar-refractivity contribution in [1.29, 1.82) is 0 Å². The summed E-state index contributed by atoms with van der Waals surface area (Å²) in [5.74, 6) is -0.582. The lowest BCUT2D eigenvalue weighted by atomic mass is 10.0. The van der Waals surface area contributed by atoms with Crippen molar-refractivity contribution < 1.29 is 22.8 Å². The zero-order chi connectivity index (χ0) is 23.6. The third-order valence-corrected chi connectivity index (χ3v) is 7.88. The van der Waals surface area contributed by atoms with Gasteiger partial charge >= 0.3 is 6.18 Å². The monoisotopic (exact) mass is 491 g/mol. The zero-order valence-electron chi connectivity index (χ0n) is 17.1. The number of rotatable bonds is 2. The second kappa shape index (κ2) is 7.44. The van der Waals surface area contributed by atoms with Crippen LogP contribution >= 0.6 is 22.7 Å². The molecule has 0 radical (unpaired) electrons. The molecule has 0 atom stereocenters. The molecule has 2 aromatic heterocycles. The van der Waals surface area contributed by atoms with Crippen molar-refractivity contribution in [2.75, 3.05) is 0 Å². The number of thiazole rings is 1. The largest absolute Gasteiger partial charge is 0.416 e. The molecule has 3 nitrogen and oxygen atoms in total. The number of alkyl halides is 3. The molecule has 6 rings (SSSR count). The van der Waals surface area contributed by atoms with Crippen molar-refractivity contribution in [1.82, 2.24) is 4.98 Å². The van der Waals surface area contributed by atoms with E-state index in [0.717, 1.165) is 32.5 Å². The van der Waals surface area contributed by atoms with Crippen LogP contribution in [0.5, 0.6) is 0 Å². The van der Waals surface area contributed by atoms with Gasteiger partial charge in [0, 0.05) is 21.6 Å². The second-order valence-electron chi connectivity index (χ2n) is 7.87. The number of carbonyl (C=O) groups excluding carboxylic acids is 2. The van der Waals surface area contributed by atoms with E-state index in [1.165, 1.54) is 34.8 Å². The molecule has 0 N–H and O–H groups in total. The zero-order valence-corrected chi connectivity index (χ0v) is 18.8. The van der Waals surface area contributed by atoms with Gasteiger partial charge in [0.05, 0.1) is 15.8 Å². The molecule has 0 aliphatic heterocycles. The van der Waals surface area contributed by atoms with Crippen molar-refractivity contribution >= 4 is 60.6 Å². The number of ketones is 2. The lowest BCUT2D eigenvalue weighted by Gasteiger charge is -2.06. The molecule has 0 unspecified atom stereocenters. The summed E-state index contributed by atoms with van der Waals surface area (Å²) in [5, 5.41) is 2.42. The average Bonchev–Trinajstić information content (AvgIpc) is 3.45. The average molecular weight is 492 g/mol. The van der Waals surface area contributed by atoms with Gasteiger partial charge < -0.3 is 0 Å². The van der Waals surface area contributed by atoms with Gasteiger partial charge in [0.25, 0.3) is 0 Å². The molecule has 34 heavy (non-hydrogen) atoms. The molecule has 0 saturated carbocycles. The Hall–Kier alpha value is -3.62. The summed E-state index contributed by atoms with van der Waals surface area (Å²) in [5.41, 5.74) is 0.850. The maximum absolute atomic E-state index is 13.0. The van der Waals surface area contributed by atoms with Crippen LogP contribution < -0.4 is 0 Å². The van der Waals surface area contributed by atoms with E-state index < -0.39 is 11.7 Å². The van der Waals surface area contributed by atoms with Crippen molar-refractivity contribution in [3.8, 4) is 10.6 Å². The number of nitrogens with zero attached hydrogens (tertiary/aromatic N) is 1. The fraction of sp³-hybridized carbons (Fsp3) is 0.0385. The number of allylic oxidation sites excluding steroid dienone is 1. The van der Waals surface area contributed by atoms with Gasteiger partial charge in [0.1, 0.15) is 9.84 Å². The molecule has 2 heterocycles. The molecule has 166 valence electrons. The van der Waals surface area contributed by atoms with Crippen molar-refractivity contribution in [2.24, 2.45) is 0 Å². The maximum atomic E-state index is 13.0. The number of benzene rings is 3. The van der Waals surface area contributed by atoms with E-state index in [2.05, 4.69) is 4.98 Å². The summed E-state index contributed by atoms with van der Waals surface area (Å²) in [4.78, 5) is 31.9. The Morgan fingerprint density at radius 3 is 1.97 bits per heavy atom. The highest BCUT2D eigenvalue weighted by Gasteiger charge is 2.33. The van der Waals surface area contributed by atoms with Gasteiger partial charge in [-0.1, -0.05) is 36.4 Å². The topological polar surface area (TPSA) is 47.0 Å². The van der Waals surface area contributed by atoms with E-state index >= 15 is 0 Å². The first kappa shape index (κ1) is 20.9. The molecule has 8 heteroatoms. The highest BCUT2D eigenvalue weighted by molar-refractivity contribution is 7.29. The van der Waals surface area contributed by atoms with E-state index in [1.54, 1.807) is 18.2 Å². The van der Waals surface area contributed by atoms with Gasteiger partial charge in [-0.2, -0.15) is 13.2 Å². The molecular weight excluding hydrogens is 479 g/mol. The predicted molar refractivity (Wildman–Crippen MR) is 129 cm³/mol. The molecule has 3 aromatic carbocycles.